The van der Waals surface area contributed by atoms with Gasteiger partial charge in [0.2, 0.25) is 0 Å². The van der Waals surface area contributed by atoms with Crippen LogP contribution in [0.1, 0.15) is 11.1 Å². The molecule has 0 fully saturated rings. The largest absolute Gasteiger partial charge is 0.316 e. The van der Waals surface area contributed by atoms with Crippen molar-refractivity contribution >= 4 is 11.6 Å². The maximum atomic E-state index is 8.63. The first-order valence-corrected chi connectivity index (χ1v) is 3.98. The van der Waals surface area contributed by atoms with Gasteiger partial charge in [0.05, 0.1) is 11.6 Å². The summed E-state index contributed by atoms with van der Waals surface area (Å²) in [7, 11) is 1.85. The summed E-state index contributed by atoms with van der Waals surface area (Å²) in [4.78, 5) is 0. The highest BCUT2D eigenvalue weighted by molar-refractivity contribution is 6.30. The van der Waals surface area contributed by atoms with E-state index in [0.29, 0.717) is 10.6 Å². The maximum absolute atomic E-state index is 8.63. The van der Waals surface area contributed by atoms with Crippen LogP contribution in [0, 0.1) is 11.3 Å². The molecule has 1 aromatic carbocycles. The van der Waals surface area contributed by atoms with Gasteiger partial charge in [0.15, 0.2) is 0 Å². The second-order valence-electron chi connectivity index (χ2n) is 2.49. The summed E-state index contributed by atoms with van der Waals surface area (Å²) in [5.41, 5.74) is 1.63. The zero-order chi connectivity index (χ0) is 8.97. The van der Waals surface area contributed by atoms with Crippen molar-refractivity contribution in [2.45, 2.75) is 6.54 Å². The van der Waals surface area contributed by atoms with Gasteiger partial charge in [0, 0.05) is 11.6 Å². The average Bonchev–Trinajstić information content (AvgIpc) is 2.04. The van der Waals surface area contributed by atoms with Gasteiger partial charge in [-0.05, 0) is 30.8 Å². The SMILES string of the molecule is CNCc1cc(Cl)cc(C#N)c1. The van der Waals surface area contributed by atoms with E-state index in [2.05, 4.69) is 11.4 Å². The number of hydrogen-bond acceptors (Lipinski definition) is 2. The maximum Gasteiger partial charge on any atom is 0.0992 e. The molecule has 0 amide bonds. The third kappa shape index (κ3) is 2.23. The lowest BCUT2D eigenvalue weighted by Crippen LogP contribution is -2.04. The third-order valence-corrected chi connectivity index (χ3v) is 1.69. The van der Waals surface area contributed by atoms with Crippen LogP contribution in [-0.4, -0.2) is 7.05 Å². The van der Waals surface area contributed by atoms with Gasteiger partial charge in [0.1, 0.15) is 0 Å². The normalized spacial score (nSPS) is 9.42. The molecule has 0 saturated carbocycles. The molecule has 1 N–H and O–H groups in total. The second-order valence-corrected chi connectivity index (χ2v) is 2.93. The Bertz CT molecular complexity index is 315. The molecule has 0 aliphatic carbocycles. The fourth-order valence-electron chi connectivity index (χ4n) is 1.02. The number of hydrogen-bond donors (Lipinski definition) is 1. The molecule has 0 saturated heterocycles. The molecule has 0 radical (unpaired) electrons. The van der Waals surface area contributed by atoms with Crippen LogP contribution in [0.4, 0.5) is 0 Å². The molecule has 12 heavy (non-hydrogen) atoms. The minimum Gasteiger partial charge on any atom is -0.316 e. The van der Waals surface area contributed by atoms with Crippen molar-refractivity contribution in [3.05, 3.63) is 34.3 Å². The summed E-state index contributed by atoms with van der Waals surface area (Å²) in [6.07, 6.45) is 0. The quantitative estimate of drug-likeness (QED) is 0.755. The lowest BCUT2D eigenvalue weighted by atomic mass is 10.1. The molecular formula is C9H9ClN2. The van der Waals surface area contributed by atoms with E-state index in [1.54, 1.807) is 6.07 Å². The van der Waals surface area contributed by atoms with Crippen LogP contribution in [0.25, 0.3) is 0 Å². The number of nitriles is 1. The minimum absolute atomic E-state index is 0.604. The highest BCUT2D eigenvalue weighted by Crippen LogP contribution is 2.14. The van der Waals surface area contributed by atoms with E-state index >= 15 is 0 Å². The van der Waals surface area contributed by atoms with Gasteiger partial charge < -0.3 is 5.32 Å². The van der Waals surface area contributed by atoms with E-state index in [1.807, 2.05) is 19.2 Å². The monoisotopic (exact) mass is 180 g/mol. The summed E-state index contributed by atoms with van der Waals surface area (Å²) in [5.74, 6) is 0. The Kier molecular flexibility index (Phi) is 3.09. The summed E-state index contributed by atoms with van der Waals surface area (Å²) >= 11 is 5.79. The Hall–Kier alpha value is -1.04. The van der Waals surface area contributed by atoms with Crippen LogP contribution in [0.2, 0.25) is 5.02 Å². The molecule has 0 aliphatic rings. The van der Waals surface area contributed by atoms with Crippen molar-refractivity contribution in [3.63, 3.8) is 0 Å². The molecule has 62 valence electrons. The minimum atomic E-state index is 0.604. The number of rotatable bonds is 2. The predicted molar refractivity (Wildman–Crippen MR) is 48.9 cm³/mol. The lowest BCUT2D eigenvalue weighted by molar-refractivity contribution is 0.817. The van der Waals surface area contributed by atoms with Gasteiger partial charge in [-0.2, -0.15) is 5.26 Å². The average molecular weight is 181 g/mol. The van der Waals surface area contributed by atoms with E-state index < -0.39 is 0 Å². The Labute approximate surface area is 76.8 Å². The zero-order valence-electron chi connectivity index (χ0n) is 6.76. The molecule has 0 aromatic heterocycles. The fraction of sp³-hybridized carbons (Fsp3) is 0.222. The van der Waals surface area contributed by atoms with Crippen LogP contribution in [0.3, 0.4) is 0 Å². The summed E-state index contributed by atoms with van der Waals surface area (Å²) in [6.45, 7) is 0.731. The Morgan fingerprint density at radius 2 is 2.25 bits per heavy atom. The van der Waals surface area contributed by atoms with Gasteiger partial charge in [0.25, 0.3) is 0 Å². The van der Waals surface area contributed by atoms with Gasteiger partial charge in [-0.1, -0.05) is 11.6 Å². The molecule has 0 aliphatic heterocycles. The predicted octanol–water partition coefficient (Wildman–Crippen LogP) is 1.93. The molecule has 0 bridgehead atoms. The van der Waals surface area contributed by atoms with Gasteiger partial charge in [-0.25, -0.2) is 0 Å². The molecule has 1 rings (SSSR count). The van der Waals surface area contributed by atoms with E-state index in [4.69, 9.17) is 16.9 Å². The van der Waals surface area contributed by atoms with Crippen molar-refractivity contribution in [2.75, 3.05) is 7.05 Å². The van der Waals surface area contributed by atoms with Crippen LogP contribution in [0.5, 0.6) is 0 Å². The lowest BCUT2D eigenvalue weighted by Gasteiger charge is -2.00. The molecule has 0 unspecified atom stereocenters. The Balaban J connectivity index is 3.00. The number of nitrogens with zero attached hydrogens (tertiary/aromatic N) is 1. The van der Waals surface area contributed by atoms with Crippen molar-refractivity contribution in [1.29, 1.82) is 5.26 Å². The van der Waals surface area contributed by atoms with E-state index in [-0.39, 0.29) is 0 Å². The highest BCUT2D eigenvalue weighted by Gasteiger charge is 1.97. The number of nitrogens with one attached hydrogen (secondary N) is 1. The molecule has 3 heteroatoms. The van der Waals surface area contributed by atoms with Crippen molar-refractivity contribution in [1.82, 2.24) is 5.32 Å². The first kappa shape index (κ1) is 9.05. The van der Waals surface area contributed by atoms with Crippen molar-refractivity contribution < 1.29 is 0 Å². The fourth-order valence-corrected chi connectivity index (χ4v) is 1.28. The highest BCUT2D eigenvalue weighted by atomic mass is 35.5. The van der Waals surface area contributed by atoms with Gasteiger partial charge in [-0.3, -0.25) is 0 Å². The van der Waals surface area contributed by atoms with Crippen LogP contribution in [-0.2, 0) is 6.54 Å². The van der Waals surface area contributed by atoms with E-state index in [0.717, 1.165) is 12.1 Å². The van der Waals surface area contributed by atoms with E-state index in [1.165, 1.54) is 0 Å². The zero-order valence-corrected chi connectivity index (χ0v) is 7.52. The standard InChI is InChI=1S/C9H9ClN2/c1-12-6-8-2-7(5-11)3-9(10)4-8/h2-4,12H,6H2,1H3. The molecule has 0 spiro atoms. The van der Waals surface area contributed by atoms with Crippen molar-refractivity contribution in [2.24, 2.45) is 0 Å². The second kappa shape index (κ2) is 4.10. The topological polar surface area (TPSA) is 35.8 Å². The van der Waals surface area contributed by atoms with E-state index in [9.17, 15) is 0 Å². The first-order chi connectivity index (χ1) is 5.76. The van der Waals surface area contributed by atoms with Crippen LogP contribution < -0.4 is 5.32 Å². The molecular weight excluding hydrogens is 172 g/mol. The summed E-state index contributed by atoms with van der Waals surface area (Å²) in [5, 5.41) is 12.2. The van der Waals surface area contributed by atoms with Crippen LogP contribution in [0.15, 0.2) is 18.2 Å². The van der Waals surface area contributed by atoms with Crippen molar-refractivity contribution in [3.8, 4) is 6.07 Å². The number of halogens is 1. The Morgan fingerprint density at radius 1 is 1.50 bits per heavy atom. The first-order valence-electron chi connectivity index (χ1n) is 3.60. The smallest absolute Gasteiger partial charge is 0.0992 e. The van der Waals surface area contributed by atoms with Crippen LogP contribution >= 0.6 is 11.6 Å². The third-order valence-electron chi connectivity index (χ3n) is 1.47. The number of benzene rings is 1. The molecule has 0 atom stereocenters. The molecule has 0 heterocycles. The van der Waals surface area contributed by atoms with Gasteiger partial charge >= 0.3 is 0 Å². The summed E-state index contributed by atoms with van der Waals surface area (Å²) < 4.78 is 0. The molecule has 1 aromatic rings. The summed E-state index contributed by atoms with van der Waals surface area (Å²) in [6, 6.07) is 7.38. The Morgan fingerprint density at radius 3 is 2.83 bits per heavy atom. The van der Waals surface area contributed by atoms with Gasteiger partial charge in [-0.15, -0.1) is 0 Å². The molecule has 2 nitrogen and oxygen atoms in total.